The van der Waals surface area contributed by atoms with Crippen LogP contribution >= 0.6 is 0 Å². The zero-order chi connectivity index (χ0) is 16.2. The normalized spacial score (nSPS) is 14.3. The van der Waals surface area contributed by atoms with Crippen LogP contribution in [0.2, 0.25) is 0 Å². The lowest BCUT2D eigenvalue weighted by atomic mass is 10.1. The molecule has 0 fully saturated rings. The van der Waals surface area contributed by atoms with Gasteiger partial charge in [-0.25, -0.2) is 13.2 Å². The number of hydrogen-bond acceptors (Lipinski definition) is 4. The van der Waals surface area contributed by atoms with Crippen molar-refractivity contribution in [3.63, 3.8) is 0 Å². The number of H-pyrrole nitrogens is 1. The molecule has 0 unspecified atom stereocenters. The van der Waals surface area contributed by atoms with Crippen LogP contribution in [-0.2, 0) is 22.9 Å². The molecule has 3 N–H and O–H groups in total. The van der Waals surface area contributed by atoms with Crippen molar-refractivity contribution in [1.29, 1.82) is 0 Å². The minimum absolute atomic E-state index is 0.137. The molecular weight excluding hydrogens is 314 g/mol. The molecule has 1 aromatic heterocycles. The summed E-state index contributed by atoms with van der Waals surface area (Å²) >= 11 is 0. The van der Waals surface area contributed by atoms with Gasteiger partial charge in [0.2, 0.25) is 0 Å². The molecule has 0 amide bonds. The number of aromatic amines is 1. The molecule has 0 saturated carbocycles. The number of aryl methyl sites for hydroxylation is 2. The highest BCUT2D eigenvalue weighted by Gasteiger charge is 2.24. The van der Waals surface area contributed by atoms with E-state index in [0.29, 0.717) is 16.7 Å². The lowest BCUT2D eigenvalue weighted by Gasteiger charge is -2.08. The van der Waals surface area contributed by atoms with Crippen molar-refractivity contribution < 1.29 is 8.42 Å². The van der Waals surface area contributed by atoms with Gasteiger partial charge in [0.15, 0.2) is 0 Å². The minimum Gasteiger partial charge on any atom is -0.399 e. The number of nitrogens with two attached hydrogens (primary N) is 1. The first-order valence-electron chi connectivity index (χ1n) is 7.34. The van der Waals surface area contributed by atoms with E-state index in [2.05, 4.69) is 4.98 Å². The van der Waals surface area contributed by atoms with Crippen LogP contribution in [0, 0.1) is 0 Å². The number of aromatic nitrogens is 2. The zero-order valence-corrected chi connectivity index (χ0v) is 13.1. The number of benzene rings is 2. The fourth-order valence-corrected chi connectivity index (χ4v) is 4.58. The van der Waals surface area contributed by atoms with Gasteiger partial charge < -0.3 is 10.7 Å². The van der Waals surface area contributed by atoms with Crippen molar-refractivity contribution in [2.75, 3.05) is 5.73 Å². The molecule has 0 spiro atoms. The van der Waals surface area contributed by atoms with Gasteiger partial charge in [-0.05, 0) is 60.7 Å². The molecule has 2 aromatic carbocycles. The standard InChI is InChI=1S/C16H15N3O3S/c17-12-5-7-15-14(9-12)18-16(20)19(15)23(21,22)13-6-4-10-2-1-3-11(10)8-13/h4-9H,1-3,17H2,(H,18,20). The van der Waals surface area contributed by atoms with Gasteiger partial charge in [0.05, 0.1) is 15.9 Å². The molecule has 0 saturated heterocycles. The number of nitrogens with one attached hydrogen (secondary N) is 1. The number of nitrogen functional groups attached to an aromatic ring is 1. The molecule has 7 heteroatoms. The largest absolute Gasteiger partial charge is 0.399 e. The molecule has 118 valence electrons. The van der Waals surface area contributed by atoms with Crippen LogP contribution in [-0.4, -0.2) is 17.4 Å². The van der Waals surface area contributed by atoms with Crippen molar-refractivity contribution in [2.24, 2.45) is 0 Å². The zero-order valence-electron chi connectivity index (χ0n) is 12.2. The molecule has 23 heavy (non-hydrogen) atoms. The smallest absolute Gasteiger partial charge is 0.340 e. The second kappa shape index (κ2) is 4.73. The predicted octanol–water partition coefficient (Wildman–Crippen LogP) is 1.64. The summed E-state index contributed by atoms with van der Waals surface area (Å²) in [5.41, 5.74) is 8.38. The van der Waals surface area contributed by atoms with E-state index < -0.39 is 15.7 Å². The molecule has 4 rings (SSSR count). The molecule has 0 radical (unpaired) electrons. The molecule has 1 aliphatic carbocycles. The Morgan fingerprint density at radius 2 is 1.83 bits per heavy atom. The van der Waals surface area contributed by atoms with Gasteiger partial charge in [-0.3, -0.25) is 0 Å². The second-order valence-corrected chi connectivity index (χ2v) is 7.55. The van der Waals surface area contributed by atoms with Crippen molar-refractivity contribution in [2.45, 2.75) is 24.2 Å². The van der Waals surface area contributed by atoms with E-state index in [1.54, 1.807) is 24.3 Å². The molecule has 1 heterocycles. The number of hydrogen-bond donors (Lipinski definition) is 2. The Morgan fingerprint density at radius 1 is 1.04 bits per heavy atom. The monoisotopic (exact) mass is 329 g/mol. The van der Waals surface area contributed by atoms with Gasteiger partial charge in [-0.2, -0.15) is 3.97 Å². The fourth-order valence-electron chi connectivity index (χ4n) is 3.16. The number of imidazole rings is 1. The Balaban J connectivity index is 1.96. The highest BCUT2D eigenvalue weighted by molar-refractivity contribution is 7.90. The van der Waals surface area contributed by atoms with Crippen LogP contribution in [0.25, 0.3) is 11.0 Å². The van der Waals surface area contributed by atoms with Crippen LogP contribution in [0.1, 0.15) is 17.5 Å². The maximum absolute atomic E-state index is 12.9. The molecular formula is C16H15N3O3S. The van der Waals surface area contributed by atoms with Gasteiger partial charge in [-0.15, -0.1) is 0 Å². The van der Waals surface area contributed by atoms with E-state index in [9.17, 15) is 13.2 Å². The third kappa shape index (κ3) is 2.08. The molecule has 0 atom stereocenters. The fraction of sp³-hybridized carbons (Fsp3) is 0.188. The van der Waals surface area contributed by atoms with E-state index in [1.807, 2.05) is 6.07 Å². The summed E-state index contributed by atoms with van der Waals surface area (Å²) in [5, 5.41) is 0. The first-order valence-corrected chi connectivity index (χ1v) is 8.78. The molecule has 3 aromatic rings. The summed E-state index contributed by atoms with van der Waals surface area (Å²) in [4.78, 5) is 14.9. The number of rotatable bonds is 2. The summed E-state index contributed by atoms with van der Waals surface area (Å²) in [6, 6.07) is 9.75. The van der Waals surface area contributed by atoms with Crippen LogP contribution < -0.4 is 11.4 Å². The number of nitrogens with zero attached hydrogens (tertiary/aromatic N) is 1. The maximum Gasteiger partial charge on any atom is 0.340 e. The first kappa shape index (κ1) is 14.1. The van der Waals surface area contributed by atoms with Gasteiger partial charge >= 0.3 is 5.69 Å². The maximum atomic E-state index is 12.9. The van der Waals surface area contributed by atoms with E-state index in [0.717, 1.165) is 28.8 Å². The van der Waals surface area contributed by atoms with Crippen LogP contribution in [0.4, 0.5) is 5.69 Å². The highest BCUT2D eigenvalue weighted by atomic mass is 32.2. The van der Waals surface area contributed by atoms with Gasteiger partial charge in [0.25, 0.3) is 10.0 Å². The lowest BCUT2D eigenvalue weighted by molar-refractivity contribution is 0.587. The van der Waals surface area contributed by atoms with Crippen LogP contribution in [0.5, 0.6) is 0 Å². The quantitative estimate of drug-likeness (QED) is 0.698. The van der Waals surface area contributed by atoms with Gasteiger partial charge in [-0.1, -0.05) is 6.07 Å². The second-order valence-electron chi connectivity index (χ2n) is 5.76. The SMILES string of the molecule is Nc1ccc2c(c1)[nH]c(=O)n2S(=O)(=O)c1ccc2c(c1)CCC2. The van der Waals surface area contributed by atoms with E-state index >= 15 is 0 Å². The Hall–Kier alpha value is -2.54. The van der Waals surface area contributed by atoms with Crippen LogP contribution in [0.3, 0.4) is 0 Å². The van der Waals surface area contributed by atoms with Crippen molar-refractivity contribution in [3.05, 3.63) is 58.0 Å². The molecule has 6 nitrogen and oxygen atoms in total. The summed E-state index contributed by atoms with van der Waals surface area (Å²) in [6.45, 7) is 0. The summed E-state index contributed by atoms with van der Waals surface area (Å²) in [7, 11) is -3.96. The predicted molar refractivity (Wildman–Crippen MR) is 88.0 cm³/mol. The number of fused-ring (bicyclic) bond motifs is 2. The molecule has 1 aliphatic rings. The van der Waals surface area contributed by atoms with E-state index in [4.69, 9.17) is 5.73 Å². The molecule has 0 bridgehead atoms. The van der Waals surface area contributed by atoms with Crippen molar-refractivity contribution in [3.8, 4) is 0 Å². The minimum atomic E-state index is -3.96. The summed E-state index contributed by atoms with van der Waals surface area (Å²) < 4.78 is 26.7. The summed E-state index contributed by atoms with van der Waals surface area (Å²) in [6.07, 6.45) is 2.88. The Morgan fingerprint density at radius 3 is 2.65 bits per heavy atom. The van der Waals surface area contributed by atoms with Crippen molar-refractivity contribution >= 4 is 26.7 Å². The van der Waals surface area contributed by atoms with E-state index in [-0.39, 0.29) is 4.90 Å². The van der Waals surface area contributed by atoms with Crippen molar-refractivity contribution in [1.82, 2.24) is 8.96 Å². The first-order chi connectivity index (χ1) is 11.0. The third-order valence-corrected chi connectivity index (χ3v) is 5.97. The highest BCUT2D eigenvalue weighted by Crippen LogP contribution is 2.26. The topological polar surface area (TPSA) is 97.9 Å². The molecule has 0 aliphatic heterocycles. The van der Waals surface area contributed by atoms with E-state index in [1.165, 1.54) is 11.6 Å². The third-order valence-electron chi connectivity index (χ3n) is 4.27. The Labute approximate surface area is 132 Å². The summed E-state index contributed by atoms with van der Waals surface area (Å²) in [5.74, 6) is 0. The average molecular weight is 329 g/mol. The number of anilines is 1. The van der Waals surface area contributed by atoms with Gasteiger partial charge in [0.1, 0.15) is 0 Å². The van der Waals surface area contributed by atoms with Gasteiger partial charge in [0, 0.05) is 5.69 Å². The Bertz CT molecular complexity index is 1090. The lowest BCUT2D eigenvalue weighted by Crippen LogP contribution is -2.25. The average Bonchev–Trinajstić information content (AvgIpc) is 3.09. The van der Waals surface area contributed by atoms with Crippen LogP contribution in [0.15, 0.2) is 46.1 Å². The Kier molecular flexibility index (Phi) is 2.89.